The van der Waals surface area contributed by atoms with Crippen LogP contribution >= 0.6 is 22.6 Å². The van der Waals surface area contributed by atoms with Crippen LogP contribution in [0.25, 0.3) is 27.5 Å². The number of fused-ring (bicyclic) bond motifs is 2. The third-order valence-electron chi connectivity index (χ3n) is 3.56. The highest BCUT2D eigenvalue weighted by Crippen LogP contribution is 2.26. The Balaban J connectivity index is 1.98. The molecule has 0 aliphatic heterocycles. The highest BCUT2D eigenvalue weighted by molar-refractivity contribution is 14.1. The number of nitrogen functional groups attached to an aromatic ring is 1. The SMILES string of the molecule is Nc1cc(I)cc2cc(-n3ccc4ccncc43)ncc12. The molecule has 0 aliphatic rings. The Morgan fingerprint density at radius 1 is 1.05 bits per heavy atom. The molecule has 0 fully saturated rings. The number of hydrogen-bond donors (Lipinski definition) is 1. The van der Waals surface area contributed by atoms with Gasteiger partial charge < -0.3 is 5.73 Å². The van der Waals surface area contributed by atoms with Crippen LogP contribution in [0.4, 0.5) is 5.69 Å². The maximum absolute atomic E-state index is 6.05. The summed E-state index contributed by atoms with van der Waals surface area (Å²) in [5, 5.41) is 3.22. The smallest absolute Gasteiger partial charge is 0.137 e. The number of anilines is 1. The Labute approximate surface area is 134 Å². The number of nitrogens with two attached hydrogens (primary N) is 1. The first-order valence-electron chi connectivity index (χ1n) is 6.48. The normalized spacial score (nSPS) is 11.3. The first-order chi connectivity index (χ1) is 10.2. The topological polar surface area (TPSA) is 56.7 Å². The van der Waals surface area contributed by atoms with Gasteiger partial charge in [0.15, 0.2) is 0 Å². The number of benzene rings is 1. The van der Waals surface area contributed by atoms with Gasteiger partial charge in [-0.05, 0) is 58.3 Å². The predicted molar refractivity (Wildman–Crippen MR) is 93.5 cm³/mol. The first-order valence-corrected chi connectivity index (χ1v) is 7.56. The van der Waals surface area contributed by atoms with Crippen molar-refractivity contribution < 1.29 is 0 Å². The van der Waals surface area contributed by atoms with Gasteiger partial charge in [-0.15, -0.1) is 0 Å². The quantitative estimate of drug-likeness (QED) is 0.400. The molecule has 0 bridgehead atoms. The molecule has 4 nitrogen and oxygen atoms in total. The van der Waals surface area contributed by atoms with Gasteiger partial charge in [0, 0.05) is 38.6 Å². The van der Waals surface area contributed by atoms with Gasteiger partial charge in [0.25, 0.3) is 0 Å². The summed E-state index contributed by atoms with van der Waals surface area (Å²) < 4.78 is 3.16. The zero-order chi connectivity index (χ0) is 14.4. The molecule has 2 N–H and O–H groups in total. The summed E-state index contributed by atoms with van der Waals surface area (Å²) in [5.41, 5.74) is 7.86. The summed E-state index contributed by atoms with van der Waals surface area (Å²) in [7, 11) is 0. The molecule has 0 unspecified atom stereocenters. The van der Waals surface area contributed by atoms with Crippen molar-refractivity contribution in [1.29, 1.82) is 0 Å². The second-order valence-electron chi connectivity index (χ2n) is 4.88. The molecular formula is C16H11IN4. The molecule has 0 atom stereocenters. The highest BCUT2D eigenvalue weighted by atomic mass is 127. The fourth-order valence-corrected chi connectivity index (χ4v) is 3.21. The van der Waals surface area contributed by atoms with Gasteiger partial charge in [0.05, 0.1) is 11.7 Å². The number of aromatic nitrogens is 3. The lowest BCUT2D eigenvalue weighted by Gasteiger charge is -2.08. The minimum Gasteiger partial charge on any atom is -0.398 e. The van der Waals surface area contributed by atoms with Crippen LogP contribution in [0.3, 0.4) is 0 Å². The van der Waals surface area contributed by atoms with Gasteiger partial charge in [0.2, 0.25) is 0 Å². The molecule has 102 valence electrons. The fraction of sp³-hybridized carbons (Fsp3) is 0. The molecule has 0 amide bonds. The van der Waals surface area contributed by atoms with Crippen molar-refractivity contribution in [3.8, 4) is 5.82 Å². The van der Waals surface area contributed by atoms with Crippen molar-refractivity contribution in [2.75, 3.05) is 5.73 Å². The van der Waals surface area contributed by atoms with Crippen molar-refractivity contribution in [3.05, 3.63) is 58.7 Å². The molecule has 4 rings (SSSR count). The third-order valence-corrected chi connectivity index (χ3v) is 4.18. The van der Waals surface area contributed by atoms with Gasteiger partial charge in [0.1, 0.15) is 5.82 Å². The summed E-state index contributed by atoms with van der Waals surface area (Å²) in [6.45, 7) is 0. The molecule has 1 aromatic carbocycles. The van der Waals surface area contributed by atoms with E-state index in [1.807, 2.05) is 35.3 Å². The first kappa shape index (κ1) is 12.6. The molecule has 0 radical (unpaired) electrons. The summed E-state index contributed by atoms with van der Waals surface area (Å²) >= 11 is 2.28. The van der Waals surface area contributed by atoms with Crippen LogP contribution in [-0.2, 0) is 0 Å². The monoisotopic (exact) mass is 386 g/mol. The van der Waals surface area contributed by atoms with Crippen LogP contribution in [0.1, 0.15) is 0 Å². The molecule has 0 saturated carbocycles. The fourth-order valence-electron chi connectivity index (χ4n) is 2.54. The second kappa shape index (κ2) is 4.70. The van der Waals surface area contributed by atoms with E-state index in [-0.39, 0.29) is 0 Å². The Bertz CT molecular complexity index is 975. The standard InChI is InChI=1S/C16H11IN4/c17-12-5-11-6-16(20-8-13(11)14(18)7-12)21-4-2-10-1-3-19-9-15(10)21/h1-9H,18H2. The van der Waals surface area contributed by atoms with Crippen molar-refractivity contribution in [1.82, 2.24) is 14.5 Å². The number of halogens is 1. The molecule has 21 heavy (non-hydrogen) atoms. The molecular weight excluding hydrogens is 375 g/mol. The maximum atomic E-state index is 6.05. The van der Waals surface area contributed by atoms with Gasteiger partial charge >= 0.3 is 0 Å². The minimum atomic E-state index is 0.759. The maximum Gasteiger partial charge on any atom is 0.137 e. The summed E-state index contributed by atoms with van der Waals surface area (Å²) in [4.78, 5) is 8.73. The molecule has 3 aromatic heterocycles. The van der Waals surface area contributed by atoms with E-state index < -0.39 is 0 Å². The lowest BCUT2D eigenvalue weighted by Crippen LogP contribution is -1.97. The number of rotatable bonds is 1. The van der Waals surface area contributed by atoms with E-state index in [4.69, 9.17) is 5.73 Å². The van der Waals surface area contributed by atoms with Crippen LogP contribution in [0.5, 0.6) is 0 Å². The molecule has 3 heterocycles. The van der Waals surface area contributed by atoms with E-state index in [1.165, 1.54) is 0 Å². The summed E-state index contributed by atoms with van der Waals surface area (Å²) in [6, 6.07) is 10.2. The van der Waals surface area contributed by atoms with Gasteiger partial charge in [-0.3, -0.25) is 9.55 Å². The molecule has 5 heteroatoms. The van der Waals surface area contributed by atoms with Crippen LogP contribution in [0.15, 0.2) is 55.1 Å². The zero-order valence-electron chi connectivity index (χ0n) is 11.0. The zero-order valence-corrected chi connectivity index (χ0v) is 13.2. The number of nitrogens with zero attached hydrogens (tertiary/aromatic N) is 3. The van der Waals surface area contributed by atoms with E-state index in [9.17, 15) is 0 Å². The average molecular weight is 386 g/mol. The van der Waals surface area contributed by atoms with E-state index in [0.717, 1.165) is 36.8 Å². The van der Waals surface area contributed by atoms with Crippen LogP contribution in [0, 0.1) is 3.57 Å². The molecule has 0 aliphatic carbocycles. The van der Waals surface area contributed by atoms with Crippen molar-refractivity contribution in [3.63, 3.8) is 0 Å². The third kappa shape index (κ3) is 2.04. The largest absolute Gasteiger partial charge is 0.398 e. The van der Waals surface area contributed by atoms with Crippen LogP contribution < -0.4 is 5.73 Å². The van der Waals surface area contributed by atoms with Crippen LogP contribution in [0.2, 0.25) is 0 Å². The molecule has 0 spiro atoms. The highest BCUT2D eigenvalue weighted by Gasteiger charge is 2.07. The predicted octanol–water partition coefficient (Wildman–Crippen LogP) is 3.76. The number of pyridine rings is 2. The lowest BCUT2D eigenvalue weighted by molar-refractivity contribution is 1.05. The van der Waals surface area contributed by atoms with E-state index in [1.54, 1.807) is 6.20 Å². The Kier molecular flexibility index (Phi) is 2.81. The Hall–Kier alpha value is -2.15. The van der Waals surface area contributed by atoms with Crippen molar-refractivity contribution in [2.24, 2.45) is 0 Å². The van der Waals surface area contributed by atoms with Gasteiger partial charge in [-0.1, -0.05) is 0 Å². The van der Waals surface area contributed by atoms with Gasteiger partial charge in [-0.25, -0.2) is 4.98 Å². The lowest BCUT2D eigenvalue weighted by atomic mass is 10.1. The van der Waals surface area contributed by atoms with E-state index in [0.29, 0.717) is 0 Å². The van der Waals surface area contributed by atoms with Crippen LogP contribution in [-0.4, -0.2) is 14.5 Å². The second-order valence-corrected chi connectivity index (χ2v) is 6.12. The molecule has 0 saturated heterocycles. The summed E-state index contributed by atoms with van der Waals surface area (Å²) in [5.74, 6) is 0.868. The van der Waals surface area contributed by atoms with Crippen molar-refractivity contribution >= 4 is 50.0 Å². The number of hydrogen-bond acceptors (Lipinski definition) is 3. The minimum absolute atomic E-state index is 0.759. The average Bonchev–Trinajstić information content (AvgIpc) is 2.90. The summed E-state index contributed by atoms with van der Waals surface area (Å²) in [6.07, 6.45) is 7.49. The van der Waals surface area contributed by atoms with E-state index in [2.05, 4.69) is 50.8 Å². The molecule has 4 aromatic rings. The van der Waals surface area contributed by atoms with Crippen molar-refractivity contribution in [2.45, 2.75) is 0 Å². The Morgan fingerprint density at radius 2 is 1.95 bits per heavy atom. The van der Waals surface area contributed by atoms with E-state index >= 15 is 0 Å². The van der Waals surface area contributed by atoms with Gasteiger partial charge in [-0.2, -0.15) is 0 Å². The Morgan fingerprint density at radius 3 is 2.86 bits per heavy atom.